The van der Waals surface area contributed by atoms with Gasteiger partial charge in [0.05, 0.1) is 18.9 Å². The second-order valence-electron chi connectivity index (χ2n) is 8.68. The first kappa shape index (κ1) is 27.0. The van der Waals surface area contributed by atoms with Crippen LogP contribution in [0, 0.1) is 5.82 Å². The maximum Gasteiger partial charge on any atom is 0.248 e. The molecule has 11 heteroatoms. The van der Waals surface area contributed by atoms with Crippen LogP contribution in [0.4, 0.5) is 33.2 Å². The predicted molar refractivity (Wildman–Crippen MR) is 144 cm³/mol. The lowest BCUT2D eigenvalue weighted by atomic mass is 10.2. The SMILES string of the molecule is COCCOc1ccc(Nc2ncc(F)c(Nc3cccc(NC(=O)C=CCN4CCC(O)C4)c3)n2)cc1. The molecule has 2 aromatic carbocycles. The Hall–Kier alpha value is -4.06. The summed E-state index contributed by atoms with van der Waals surface area (Å²) in [5, 5.41) is 18.3. The molecule has 0 bridgehead atoms. The van der Waals surface area contributed by atoms with Gasteiger partial charge in [0.25, 0.3) is 0 Å². The fraction of sp³-hybridized carbons (Fsp3) is 0.296. The number of hydrogen-bond acceptors (Lipinski definition) is 9. The number of halogens is 1. The monoisotopic (exact) mass is 522 g/mol. The summed E-state index contributed by atoms with van der Waals surface area (Å²) in [5.41, 5.74) is 1.79. The largest absolute Gasteiger partial charge is 0.491 e. The van der Waals surface area contributed by atoms with Gasteiger partial charge in [0.2, 0.25) is 11.9 Å². The Kier molecular flexibility index (Phi) is 9.57. The molecule has 200 valence electrons. The second-order valence-corrected chi connectivity index (χ2v) is 8.68. The number of likely N-dealkylation sites (tertiary alicyclic amines) is 1. The molecule has 2 heterocycles. The number of carbonyl (C=O) groups is 1. The van der Waals surface area contributed by atoms with E-state index < -0.39 is 5.82 Å². The number of hydrogen-bond donors (Lipinski definition) is 4. The predicted octanol–water partition coefficient (Wildman–Crippen LogP) is 3.69. The van der Waals surface area contributed by atoms with Crippen LogP contribution in [-0.2, 0) is 9.53 Å². The lowest BCUT2D eigenvalue weighted by Crippen LogP contribution is -2.22. The number of rotatable bonds is 12. The molecule has 0 radical (unpaired) electrons. The van der Waals surface area contributed by atoms with Crippen LogP contribution >= 0.6 is 0 Å². The summed E-state index contributed by atoms with van der Waals surface area (Å²) >= 11 is 0. The number of methoxy groups -OCH3 is 1. The lowest BCUT2D eigenvalue weighted by molar-refractivity contribution is -0.111. The van der Waals surface area contributed by atoms with Crippen LogP contribution in [0.2, 0.25) is 0 Å². The van der Waals surface area contributed by atoms with E-state index in [1.807, 2.05) is 0 Å². The molecule has 38 heavy (non-hydrogen) atoms. The smallest absolute Gasteiger partial charge is 0.248 e. The van der Waals surface area contributed by atoms with Gasteiger partial charge < -0.3 is 30.5 Å². The third-order valence-electron chi connectivity index (χ3n) is 5.68. The number of aliphatic hydroxyl groups excluding tert-OH is 1. The second kappa shape index (κ2) is 13.5. The van der Waals surface area contributed by atoms with Crippen molar-refractivity contribution in [3.8, 4) is 5.75 Å². The first-order valence-electron chi connectivity index (χ1n) is 12.2. The summed E-state index contributed by atoms with van der Waals surface area (Å²) in [6.45, 7) is 2.98. The fourth-order valence-corrected chi connectivity index (χ4v) is 3.80. The molecule has 1 aromatic heterocycles. The molecule has 1 saturated heterocycles. The number of nitrogens with zero attached hydrogens (tertiary/aromatic N) is 3. The van der Waals surface area contributed by atoms with Crippen molar-refractivity contribution in [2.24, 2.45) is 0 Å². The van der Waals surface area contributed by atoms with Crippen molar-refractivity contribution in [1.29, 1.82) is 0 Å². The van der Waals surface area contributed by atoms with E-state index in [1.54, 1.807) is 61.7 Å². The maximum absolute atomic E-state index is 14.5. The Bertz CT molecular complexity index is 1240. The van der Waals surface area contributed by atoms with Crippen LogP contribution in [0.5, 0.6) is 5.75 Å². The summed E-state index contributed by atoms with van der Waals surface area (Å²) in [7, 11) is 1.61. The zero-order chi connectivity index (χ0) is 26.7. The van der Waals surface area contributed by atoms with Crippen molar-refractivity contribution in [3.63, 3.8) is 0 Å². The first-order chi connectivity index (χ1) is 18.5. The molecule has 1 aliphatic rings. The van der Waals surface area contributed by atoms with Gasteiger partial charge in [0, 0.05) is 49.9 Å². The Morgan fingerprint density at radius 2 is 1.97 bits per heavy atom. The van der Waals surface area contributed by atoms with Crippen LogP contribution in [-0.4, -0.2) is 71.9 Å². The van der Waals surface area contributed by atoms with E-state index in [0.717, 1.165) is 19.2 Å². The van der Waals surface area contributed by atoms with Crippen molar-refractivity contribution in [3.05, 3.63) is 72.7 Å². The van der Waals surface area contributed by atoms with Crippen molar-refractivity contribution in [1.82, 2.24) is 14.9 Å². The van der Waals surface area contributed by atoms with Gasteiger partial charge in [0.15, 0.2) is 11.6 Å². The standard InChI is InChI=1S/C27H31FN6O4/c1-37-14-15-38-23-9-7-19(8-10-23)32-27-29-17-24(28)26(33-27)31-21-5-2-4-20(16-21)30-25(36)6-3-12-34-13-11-22(35)18-34/h2-10,16-17,22,35H,11-15,18H2,1H3,(H,30,36)(H2,29,31,32,33). The number of β-amino-alcohol motifs (C(OH)–C–C–N with tert-alkyl or cyclic N) is 1. The molecular weight excluding hydrogens is 491 g/mol. The number of aliphatic hydroxyl groups is 1. The van der Waals surface area contributed by atoms with Gasteiger partial charge in [-0.1, -0.05) is 12.1 Å². The molecule has 1 amide bonds. The Balaban J connectivity index is 1.33. The maximum atomic E-state index is 14.5. The molecule has 1 unspecified atom stereocenters. The summed E-state index contributed by atoms with van der Waals surface area (Å²) in [6, 6.07) is 14.1. The summed E-state index contributed by atoms with van der Waals surface area (Å²) < 4.78 is 25.0. The molecule has 3 aromatic rings. The van der Waals surface area contributed by atoms with Crippen LogP contribution in [0.25, 0.3) is 0 Å². The van der Waals surface area contributed by atoms with Gasteiger partial charge in [-0.05, 0) is 48.9 Å². The molecule has 0 spiro atoms. The van der Waals surface area contributed by atoms with Crippen molar-refractivity contribution in [2.75, 3.05) is 55.9 Å². The Labute approximate surface area is 220 Å². The highest BCUT2D eigenvalue weighted by Gasteiger charge is 2.18. The van der Waals surface area contributed by atoms with E-state index >= 15 is 0 Å². The van der Waals surface area contributed by atoms with Crippen molar-refractivity contribution in [2.45, 2.75) is 12.5 Å². The van der Waals surface area contributed by atoms with Gasteiger partial charge in [-0.3, -0.25) is 9.69 Å². The number of nitrogens with one attached hydrogen (secondary N) is 3. The summed E-state index contributed by atoms with van der Waals surface area (Å²) in [4.78, 5) is 22.6. The number of amides is 1. The van der Waals surface area contributed by atoms with Gasteiger partial charge in [-0.25, -0.2) is 9.37 Å². The van der Waals surface area contributed by atoms with E-state index in [2.05, 4.69) is 30.8 Å². The van der Waals surface area contributed by atoms with Crippen LogP contribution in [0.3, 0.4) is 0 Å². The number of carbonyl (C=O) groups excluding carboxylic acids is 1. The highest BCUT2D eigenvalue weighted by molar-refractivity contribution is 5.99. The normalized spacial score (nSPS) is 15.5. The number of benzene rings is 2. The average molecular weight is 523 g/mol. The van der Waals surface area contributed by atoms with E-state index in [0.29, 0.717) is 49.1 Å². The molecule has 4 rings (SSSR count). The minimum atomic E-state index is -0.623. The zero-order valence-corrected chi connectivity index (χ0v) is 21.1. The Morgan fingerprint density at radius 3 is 2.74 bits per heavy atom. The third kappa shape index (κ3) is 8.23. The first-order valence-corrected chi connectivity index (χ1v) is 12.2. The molecule has 1 atom stereocenters. The third-order valence-corrected chi connectivity index (χ3v) is 5.68. The van der Waals surface area contributed by atoms with E-state index in [1.165, 1.54) is 6.08 Å². The van der Waals surface area contributed by atoms with Gasteiger partial charge in [-0.15, -0.1) is 0 Å². The highest BCUT2D eigenvalue weighted by atomic mass is 19.1. The van der Waals surface area contributed by atoms with Gasteiger partial charge in [0.1, 0.15) is 12.4 Å². The van der Waals surface area contributed by atoms with E-state index in [9.17, 15) is 14.3 Å². The molecule has 10 nitrogen and oxygen atoms in total. The molecule has 0 saturated carbocycles. The van der Waals surface area contributed by atoms with E-state index in [-0.39, 0.29) is 23.8 Å². The number of aromatic nitrogens is 2. The van der Waals surface area contributed by atoms with Gasteiger partial charge in [-0.2, -0.15) is 4.98 Å². The lowest BCUT2D eigenvalue weighted by Gasteiger charge is -2.12. The molecule has 1 fully saturated rings. The summed E-state index contributed by atoms with van der Waals surface area (Å²) in [5.74, 6) is -0.0114. The van der Waals surface area contributed by atoms with Gasteiger partial charge >= 0.3 is 0 Å². The van der Waals surface area contributed by atoms with Crippen LogP contribution in [0.15, 0.2) is 66.9 Å². The zero-order valence-electron chi connectivity index (χ0n) is 21.1. The average Bonchev–Trinajstić information content (AvgIpc) is 3.32. The minimum Gasteiger partial charge on any atom is -0.491 e. The summed E-state index contributed by atoms with van der Waals surface area (Å²) in [6.07, 6.45) is 4.77. The molecular formula is C27H31FN6O4. The molecule has 4 N–H and O–H groups in total. The van der Waals surface area contributed by atoms with Crippen LogP contribution in [0.1, 0.15) is 6.42 Å². The minimum absolute atomic E-state index is 0.0156. The molecule has 1 aliphatic heterocycles. The molecule has 0 aliphatic carbocycles. The van der Waals surface area contributed by atoms with Crippen molar-refractivity contribution < 1.29 is 23.8 Å². The van der Waals surface area contributed by atoms with Crippen LogP contribution < -0.4 is 20.7 Å². The number of ether oxygens (including phenoxy) is 2. The van der Waals surface area contributed by atoms with E-state index in [4.69, 9.17) is 9.47 Å². The highest BCUT2D eigenvalue weighted by Crippen LogP contribution is 2.23. The quantitative estimate of drug-likeness (QED) is 0.208. The number of anilines is 5. The topological polar surface area (TPSA) is 121 Å². The fourth-order valence-electron chi connectivity index (χ4n) is 3.80. The Morgan fingerprint density at radius 1 is 1.16 bits per heavy atom. The van der Waals surface area contributed by atoms with Crippen molar-refractivity contribution >= 4 is 34.7 Å².